The molecule has 4 rings (SSSR count). The van der Waals surface area contributed by atoms with Gasteiger partial charge in [0.25, 0.3) is 11.6 Å². The number of nitrogens with one attached hydrogen (secondary N) is 1. The number of amides is 1. The Morgan fingerprint density at radius 3 is 2.88 bits per heavy atom. The molecule has 1 amide bonds. The summed E-state index contributed by atoms with van der Waals surface area (Å²) in [4.78, 5) is 23.0. The molecule has 0 saturated heterocycles. The lowest BCUT2D eigenvalue weighted by atomic mass is 10.1. The van der Waals surface area contributed by atoms with E-state index in [1.165, 1.54) is 12.1 Å². The summed E-state index contributed by atoms with van der Waals surface area (Å²) in [6.07, 6.45) is 0. The number of nitro benzene ring substituents is 1. The van der Waals surface area contributed by atoms with Crippen molar-refractivity contribution in [3.63, 3.8) is 0 Å². The summed E-state index contributed by atoms with van der Waals surface area (Å²) in [6, 6.07) is 11.8. The van der Waals surface area contributed by atoms with Gasteiger partial charge in [-0.05, 0) is 12.1 Å². The van der Waals surface area contributed by atoms with Gasteiger partial charge >= 0.3 is 0 Å². The van der Waals surface area contributed by atoms with Crippen molar-refractivity contribution >= 4 is 22.6 Å². The van der Waals surface area contributed by atoms with Gasteiger partial charge < -0.3 is 19.2 Å². The lowest BCUT2D eigenvalue weighted by molar-refractivity contribution is -0.385. The van der Waals surface area contributed by atoms with Crippen LogP contribution in [0.4, 0.5) is 5.69 Å². The zero-order valence-electron chi connectivity index (χ0n) is 13.6. The van der Waals surface area contributed by atoms with E-state index in [1.807, 2.05) is 18.2 Å². The van der Waals surface area contributed by atoms with Crippen LogP contribution >= 0.6 is 0 Å². The third kappa shape index (κ3) is 2.98. The summed E-state index contributed by atoms with van der Waals surface area (Å²) in [5, 5.41) is 14.7. The molecule has 1 N–H and O–H groups in total. The molecule has 0 aliphatic carbocycles. The highest BCUT2D eigenvalue weighted by Crippen LogP contribution is 2.32. The molecular weight excluding hydrogens is 340 g/mol. The summed E-state index contributed by atoms with van der Waals surface area (Å²) in [7, 11) is 0. The van der Waals surface area contributed by atoms with E-state index in [-0.39, 0.29) is 31.4 Å². The average Bonchev–Trinajstić information content (AvgIpc) is 3.10. The Morgan fingerprint density at radius 2 is 2.08 bits per heavy atom. The first-order valence-electron chi connectivity index (χ1n) is 7.89. The summed E-state index contributed by atoms with van der Waals surface area (Å²) >= 11 is 0. The van der Waals surface area contributed by atoms with Gasteiger partial charge in [0.15, 0.2) is 12.6 Å². The Labute approximate surface area is 147 Å². The van der Waals surface area contributed by atoms with E-state index >= 15 is 0 Å². The minimum absolute atomic E-state index is 0.0648. The van der Waals surface area contributed by atoms with Crippen LogP contribution in [0.3, 0.4) is 0 Å². The molecule has 8 heteroatoms. The maximum atomic E-state index is 12.4. The Morgan fingerprint density at radius 1 is 1.23 bits per heavy atom. The van der Waals surface area contributed by atoms with Crippen LogP contribution in [0.5, 0.6) is 5.75 Å². The number of hydrogen-bond acceptors (Lipinski definition) is 6. The lowest BCUT2D eigenvalue weighted by Crippen LogP contribution is -2.24. The van der Waals surface area contributed by atoms with Crippen molar-refractivity contribution in [3.8, 4) is 5.75 Å². The van der Waals surface area contributed by atoms with Crippen LogP contribution in [0.25, 0.3) is 11.0 Å². The number of benzene rings is 2. The summed E-state index contributed by atoms with van der Waals surface area (Å²) < 4.78 is 16.1. The number of furan rings is 1. The van der Waals surface area contributed by atoms with Gasteiger partial charge in [-0.15, -0.1) is 0 Å². The quantitative estimate of drug-likeness (QED) is 0.570. The summed E-state index contributed by atoms with van der Waals surface area (Å²) in [5.74, 6) is 0.273. The molecule has 1 aliphatic heterocycles. The second-order valence-electron chi connectivity index (χ2n) is 5.79. The average molecular weight is 354 g/mol. The van der Waals surface area contributed by atoms with Crippen molar-refractivity contribution in [1.29, 1.82) is 0 Å². The first-order chi connectivity index (χ1) is 12.6. The molecule has 0 saturated carbocycles. The third-order valence-electron chi connectivity index (χ3n) is 4.07. The molecule has 3 aromatic rings. The largest absolute Gasteiger partial charge is 0.467 e. The van der Waals surface area contributed by atoms with E-state index in [0.717, 1.165) is 5.39 Å². The van der Waals surface area contributed by atoms with E-state index in [9.17, 15) is 14.9 Å². The van der Waals surface area contributed by atoms with Gasteiger partial charge in [0, 0.05) is 35.2 Å². The Balaban J connectivity index is 1.57. The van der Waals surface area contributed by atoms with E-state index < -0.39 is 10.8 Å². The highest BCUT2D eigenvalue weighted by atomic mass is 16.7. The number of nitro groups is 1. The van der Waals surface area contributed by atoms with E-state index in [0.29, 0.717) is 22.5 Å². The van der Waals surface area contributed by atoms with Crippen molar-refractivity contribution in [2.75, 3.05) is 6.79 Å². The van der Waals surface area contributed by atoms with Gasteiger partial charge in [-0.1, -0.05) is 18.2 Å². The molecule has 0 atom stereocenters. The molecule has 2 aromatic carbocycles. The number of carbonyl (C=O) groups excluding carboxylic acids is 1. The second-order valence-corrected chi connectivity index (χ2v) is 5.79. The van der Waals surface area contributed by atoms with Crippen LogP contribution in [0.2, 0.25) is 0 Å². The van der Waals surface area contributed by atoms with Crippen molar-refractivity contribution < 1.29 is 23.6 Å². The minimum Gasteiger partial charge on any atom is -0.467 e. The molecule has 0 unspecified atom stereocenters. The Kier molecular flexibility index (Phi) is 4.02. The molecule has 1 aromatic heterocycles. The fourth-order valence-corrected chi connectivity index (χ4v) is 2.87. The molecule has 0 bridgehead atoms. The molecule has 132 valence electrons. The number of para-hydroxylation sites is 1. The van der Waals surface area contributed by atoms with Crippen LogP contribution in [-0.4, -0.2) is 17.6 Å². The highest BCUT2D eigenvalue weighted by Gasteiger charge is 2.21. The van der Waals surface area contributed by atoms with E-state index in [1.54, 1.807) is 12.1 Å². The topological polar surface area (TPSA) is 104 Å². The highest BCUT2D eigenvalue weighted by molar-refractivity contribution is 5.96. The van der Waals surface area contributed by atoms with Crippen LogP contribution in [0.1, 0.15) is 21.7 Å². The van der Waals surface area contributed by atoms with Crippen LogP contribution < -0.4 is 10.1 Å². The van der Waals surface area contributed by atoms with Gasteiger partial charge in [-0.2, -0.15) is 0 Å². The Bertz CT molecular complexity index is 977. The first-order valence-corrected chi connectivity index (χ1v) is 7.89. The normalized spacial score (nSPS) is 13.1. The standard InChI is InChI=1S/C18H14N2O6/c21-18(16-7-11-3-1-2-4-15(11)26-16)19-8-12-5-14(20(22)23)6-13-9-24-10-25-17(12)13/h1-7H,8-10H2,(H,19,21). The molecule has 26 heavy (non-hydrogen) atoms. The molecule has 0 spiro atoms. The van der Waals surface area contributed by atoms with Gasteiger partial charge in [-0.25, -0.2) is 0 Å². The minimum atomic E-state index is -0.487. The molecule has 0 fully saturated rings. The number of fused-ring (bicyclic) bond motifs is 2. The van der Waals surface area contributed by atoms with Crippen LogP contribution in [0.15, 0.2) is 46.9 Å². The van der Waals surface area contributed by atoms with E-state index in [4.69, 9.17) is 13.9 Å². The first kappa shape index (κ1) is 16.1. The number of nitrogens with zero attached hydrogens (tertiary/aromatic N) is 1. The maximum Gasteiger partial charge on any atom is 0.287 e. The van der Waals surface area contributed by atoms with E-state index in [2.05, 4.69) is 5.32 Å². The van der Waals surface area contributed by atoms with Crippen molar-refractivity contribution in [1.82, 2.24) is 5.32 Å². The predicted molar refractivity (Wildman–Crippen MR) is 90.8 cm³/mol. The molecular formula is C18H14N2O6. The smallest absolute Gasteiger partial charge is 0.287 e. The van der Waals surface area contributed by atoms with Crippen molar-refractivity contribution in [3.05, 3.63) is 69.5 Å². The molecule has 8 nitrogen and oxygen atoms in total. The fourth-order valence-electron chi connectivity index (χ4n) is 2.87. The molecule has 2 heterocycles. The van der Waals surface area contributed by atoms with Gasteiger partial charge in [0.2, 0.25) is 0 Å². The maximum absolute atomic E-state index is 12.4. The number of hydrogen-bond donors (Lipinski definition) is 1. The SMILES string of the molecule is O=C(NCc1cc([N+](=O)[O-])cc2c1OCOC2)c1cc2ccccc2o1. The Hall–Kier alpha value is -3.39. The van der Waals surface area contributed by atoms with Crippen molar-refractivity contribution in [2.45, 2.75) is 13.2 Å². The zero-order valence-corrected chi connectivity index (χ0v) is 13.6. The number of rotatable bonds is 4. The zero-order chi connectivity index (χ0) is 18.1. The van der Waals surface area contributed by atoms with Gasteiger partial charge in [0.05, 0.1) is 11.5 Å². The molecule has 0 radical (unpaired) electrons. The van der Waals surface area contributed by atoms with Gasteiger partial charge in [0.1, 0.15) is 11.3 Å². The summed E-state index contributed by atoms with van der Waals surface area (Å²) in [5.41, 5.74) is 1.64. The van der Waals surface area contributed by atoms with Crippen LogP contribution in [-0.2, 0) is 17.9 Å². The lowest BCUT2D eigenvalue weighted by Gasteiger charge is -2.20. The third-order valence-corrected chi connectivity index (χ3v) is 4.07. The summed E-state index contributed by atoms with van der Waals surface area (Å²) in [6.45, 7) is 0.358. The monoisotopic (exact) mass is 354 g/mol. The molecule has 1 aliphatic rings. The number of carbonyl (C=O) groups is 1. The predicted octanol–water partition coefficient (Wildman–Crippen LogP) is 3.14. The number of non-ortho nitro benzene ring substituents is 1. The van der Waals surface area contributed by atoms with Crippen LogP contribution in [0, 0.1) is 10.1 Å². The van der Waals surface area contributed by atoms with Crippen molar-refractivity contribution in [2.24, 2.45) is 0 Å². The van der Waals surface area contributed by atoms with Gasteiger partial charge in [-0.3, -0.25) is 14.9 Å². The fraction of sp³-hybridized carbons (Fsp3) is 0.167. The number of ether oxygens (including phenoxy) is 2. The second kappa shape index (κ2) is 6.49.